The summed E-state index contributed by atoms with van der Waals surface area (Å²) in [5.74, 6) is -0.452. The van der Waals surface area contributed by atoms with Gasteiger partial charge in [0.2, 0.25) is 0 Å². The molecule has 0 saturated heterocycles. The van der Waals surface area contributed by atoms with Gasteiger partial charge in [-0.2, -0.15) is 0 Å². The van der Waals surface area contributed by atoms with E-state index in [4.69, 9.17) is 9.84 Å². The summed E-state index contributed by atoms with van der Waals surface area (Å²) in [6, 6.07) is 9.49. The minimum Gasteiger partial charge on any atom is -0.461 e. The Kier molecular flexibility index (Phi) is 4.07. The van der Waals surface area contributed by atoms with Crippen LogP contribution in [0.2, 0.25) is 0 Å². The molecular formula is C13H13NO3S. The first-order chi connectivity index (χ1) is 8.76. The Morgan fingerprint density at radius 1 is 1.39 bits per heavy atom. The van der Waals surface area contributed by atoms with Gasteiger partial charge in [0.25, 0.3) is 0 Å². The summed E-state index contributed by atoms with van der Waals surface area (Å²) in [4.78, 5) is 16.7. The van der Waals surface area contributed by atoms with Crippen LogP contribution in [0.5, 0.6) is 0 Å². The van der Waals surface area contributed by atoms with Gasteiger partial charge in [0.15, 0.2) is 5.69 Å². The minimum absolute atomic E-state index is 0.177. The second-order valence-corrected chi connectivity index (χ2v) is 4.61. The zero-order chi connectivity index (χ0) is 13.0. The highest BCUT2D eigenvalue weighted by Crippen LogP contribution is 2.30. The fraction of sp³-hybridized carbons (Fsp3) is 0.231. The number of aliphatic hydroxyl groups is 1. The van der Waals surface area contributed by atoms with Crippen LogP contribution in [0.1, 0.15) is 22.4 Å². The number of aromatic nitrogens is 1. The number of rotatable bonds is 4. The number of benzene rings is 1. The predicted octanol–water partition coefficient (Wildman–Crippen LogP) is 2.48. The third-order valence-electron chi connectivity index (χ3n) is 2.31. The SMILES string of the molecule is CCOC(=O)c1nc(CO)sc1-c1ccccc1. The molecule has 2 aromatic rings. The maximum Gasteiger partial charge on any atom is 0.358 e. The van der Waals surface area contributed by atoms with Gasteiger partial charge in [0.05, 0.1) is 18.1 Å². The summed E-state index contributed by atoms with van der Waals surface area (Å²) in [5.41, 5.74) is 1.18. The van der Waals surface area contributed by atoms with Crippen LogP contribution in [-0.2, 0) is 11.3 Å². The number of hydrogen-bond acceptors (Lipinski definition) is 5. The Balaban J connectivity index is 2.45. The number of hydrogen-bond donors (Lipinski definition) is 1. The average molecular weight is 263 g/mol. The van der Waals surface area contributed by atoms with E-state index in [2.05, 4.69) is 4.98 Å². The predicted molar refractivity (Wildman–Crippen MR) is 69.4 cm³/mol. The molecule has 1 aromatic carbocycles. The standard InChI is InChI=1S/C13H13NO3S/c1-2-17-13(16)11-12(18-10(8-15)14-11)9-6-4-3-5-7-9/h3-7,15H,2,8H2,1H3. The molecule has 0 bridgehead atoms. The molecule has 4 nitrogen and oxygen atoms in total. The zero-order valence-corrected chi connectivity index (χ0v) is 10.7. The Labute approximate surface area is 109 Å². The first-order valence-corrected chi connectivity index (χ1v) is 6.41. The second kappa shape index (κ2) is 5.75. The highest BCUT2D eigenvalue weighted by molar-refractivity contribution is 7.15. The molecule has 2 rings (SSSR count). The van der Waals surface area contributed by atoms with Crippen LogP contribution in [0.25, 0.3) is 10.4 Å². The van der Waals surface area contributed by atoms with Gasteiger partial charge in [-0.1, -0.05) is 30.3 Å². The topological polar surface area (TPSA) is 59.4 Å². The lowest BCUT2D eigenvalue weighted by Crippen LogP contribution is -2.06. The van der Waals surface area contributed by atoms with E-state index in [1.807, 2.05) is 30.3 Å². The lowest BCUT2D eigenvalue weighted by molar-refractivity contribution is 0.0521. The van der Waals surface area contributed by atoms with Gasteiger partial charge in [-0.25, -0.2) is 9.78 Å². The Morgan fingerprint density at radius 2 is 2.11 bits per heavy atom. The average Bonchev–Trinajstić information content (AvgIpc) is 2.84. The number of aliphatic hydroxyl groups excluding tert-OH is 1. The van der Waals surface area contributed by atoms with Gasteiger partial charge in [-0.15, -0.1) is 11.3 Å². The monoisotopic (exact) mass is 263 g/mol. The maximum absolute atomic E-state index is 11.8. The van der Waals surface area contributed by atoms with Crippen molar-refractivity contribution in [3.05, 3.63) is 41.0 Å². The minimum atomic E-state index is -0.452. The van der Waals surface area contributed by atoms with Crippen molar-refractivity contribution in [2.75, 3.05) is 6.61 Å². The van der Waals surface area contributed by atoms with Crippen LogP contribution in [-0.4, -0.2) is 22.7 Å². The van der Waals surface area contributed by atoms with Crippen molar-refractivity contribution < 1.29 is 14.6 Å². The Hall–Kier alpha value is -1.72. The van der Waals surface area contributed by atoms with E-state index >= 15 is 0 Å². The van der Waals surface area contributed by atoms with Crippen LogP contribution in [0.4, 0.5) is 0 Å². The van der Waals surface area contributed by atoms with Gasteiger partial charge in [0.1, 0.15) is 5.01 Å². The quantitative estimate of drug-likeness (QED) is 0.861. The molecule has 0 unspecified atom stereocenters. The first kappa shape index (κ1) is 12.7. The summed E-state index contributed by atoms with van der Waals surface area (Å²) in [6.45, 7) is 1.88. The molecule has 0 radical (unpaired) electrons. The third-order valence-corrected chi connectivity index (χ3v) is 3.40. The smallest absolute Gasteiger partial charge is 0.358 e. The second-order valence-electron chi connectivity index (χ2n) is 3.53. The Morgan fingerprint density at radius 3 is 2.72 bits per heavy atom. The molecule has 0 atom stereocenters. The third kappa shape index (κ3) is 2.57. The van der Waals surface area contributed by atoms with Gasteiger partial charge < -0.3 is 9.84 Å². The normalized spacial score (nSPS) is 10.3. The van der Waals surface area contributed by atoms with E-state index in [1.54, 1.807) is 6.92 Å². The zero-order valence-electron chi connectivity index (χ0n) is 9.92. The number of ether oxygens (including phenoxy) is 1. The van der Waals surface area contributed by atoms with E-state index in [0.29, 0.717) is 11.6 Å². The molecule has 5 heteroatoms. The summed E-state index contributed by atoms with van der Waals surface area (Å²) < 4.78 is 4.97. The molecule has 0 aliphatic carbocycles. The van der Waals surface area contributed by atoms with E-state index in [-0.39, 0.29) is 12.3 Å². The van der Waals surface area contributed by atoms with Crippen molar-refractivity contribution in [2.24, 2.45) is 0 Å². The van der Waals surface area contributed by atoms with Crippen LogP contribution >= 0.6 is 11.3 Å². The molecule has 1 heterocycles. The summed E-state index contributed by atoms with van der Waals surface area (Å²) >= 11 is 1.30. The largest absolute Gasteiger partial charge is 0.461 e. The number of carbonyl (C=O) groups excluding carboxylic acids is 1. The molecule has 18 heavy (non-hydrogen) atoms. The molecule has 0 aliphatic rings. The van der Waals surface area contributed by atoms with Crippen LogP contribution in [0.15, 0.2) is 30.3 Å². The van der Waals surface area contributed by atoms with Gasteiger partial charge in [-0.3, -0.25) is 0 Å². The van der Waals surface area contributed by atoms with Crippen molar-refractivity contribution in [2.45, 2.75) is 13.5 Å². The number of esters is 1. The van der Waals surface area contributed by atoms with E-state index in [0.717, 1.165) is 10.4 Å². The molecule has 0 fully saturated rings. The molecule has 1 N–H and O–H groups in total. The summed E-state index contributed by atoms with van der Waals surface area (Å²) in [6.07, 6.45) is 0. The van der Waals surface area contributed by atoms with Gasteiger partial charge >= 0.3 is 5.97 Å². The molecule has 0 spiro atoms. The highest BCUT2D eigenvalue weighted by Gasteiger charge is 2.19. The molecular weight excluding hydrogens is 250 g/mol. The molecule has 0 amide bonds. The van der Waals surface area contributed by atoms with Crippen molar-refractivity contribution in [3.8, 4) is 10.4 Å². The maximum atomic E-state index is 11.8. The molecule has 1 aromatic heterocycles. The number of nitrogens with zero attached hydrogens (tertiary/aromatic N) is 1. The molecule has 94 valence electrons. The first-order valence-electron chi connectivity index (χ1n) is 5.59. The molecule has 0 saturated carbocycles. The summed E-state index contributed by atoms with van der Waals surface area (Å²) in [7, 11) is 0. The van der Waals surface area contributed by atoms with Gasteiger partial charge in [-0.05, 0) is 12.5 Å². The number of thiazole rings is 1. The van der Waals surface area contributed by atoms with Crippen molar-refractivity contribution in [3.63, 3.8) is 0 Å². The van der Waals surface area contributed by atoms with Crippen LogP contribution in [0, 0.1) is 0 Å². The van der Waals surface area contributed by atoms with Crippen LogP contribution in [0.3, 0.4) is 0 Å². The molecule has 0 aliphatic heterocycles. The van der Waals surface area contributed by atoms with Crippen molar-refractivity contribution in [1.82, 2.24) is 4.98 Å². The van der Waals surface area contributed by atoms with Crippen molar-refractivity contribution in [1.29, 1.82) is 0 Å². The lowest BCUT2D eigenvalue weighted by atomic mass is 10.1. The highest BCUT2D eigenvalue weighted by atomic mass is 32.1. The summed E-state index contributed by atoms with van der Waals surface area (Å²) in [5, 5.41) is 9.64. The fourth-order valence-corrected chi connectivity index (χ4v) is 2.47. The van der Waals surface area contributed by atoms with Crippen LogP contribution < -0.4 is 0 Å². The van der Waals surface area contributed by atoms with Gasteiger partial charge in [0, 0.05) is 0 Å². The van der Waals surface area contributed by atoms with Crippen molar-refractivity contribution >= 4 is 17.3 Å². The Bertz CT molecular complexity index is 536. The number of carbonyl (C=O) groups is 1. The van der Waals surface area contributed by atoms with E-state index in [1.165, 1.54) is 11.3 Å². The van der Waals surface area contributed by atoms with E-state index < -0.39 is 5.97 Å². The fourth-order valence-electron chi connectivity index (χ4n) is 1.56. The lowest BCUT2D eigenvalue weighted by Gasteiger charge is -2.01. The van der Waals surface area contributed by atoms with E-state index in [9.17, 15) is 4.79 Å².